The van der Waals surface area contributed by atoms with Crippen LogP contribution in [0.5, 0.6) is 16.7 Å². The summed E-state index contributed by atoms with van der Waals surface area (Å²) in [5, 5.41) is 11.2. The molecule has 0 saturated heterocycles. The van der Waals surface area contributed by atoms with Gasteiger partial charge in [-0.1, -0.05) is 22.9 Å². The lowest BCUT2D eigenvalue weighted by Crippen LogP contribution is -2.00. The zero-order valence-electron chi connectivity index (χ0n) is 9.21. The van der Waals surface area contributed by atoms with E-state index in [-0.39, 0.29) is 16.5 Å². The highest BCUT2D eigenvalue weighted by Crippen LogP contribution is 2.32. The molecule has 0 spiro atoms. The monoisotopic (exact) mass is 285 g/mol. The summed E-state index contributed by atoms with van der Waals surface area (Å²) in [6, 6.07) is 4.44. The molecular weight excluding hydrogens is 278 g/mol. The summed E-state index contributed by atoms with van der Waals surface area (Å²) in [5.41, 5.74) is 0.0297. The van der Waals surface area contributed by atoms with Gasteiger partial charge in [0.1, 0.15) is 22.2 Å². The second-order valence-electron chi connectivity index (χ2n) is 3.21. The zero-order valence-corrected chi connectivity index (χ0v) is 10.8. The van der Waals surface area contributed by atoms with Crippen LogP contribution in [-0.2, 0) is 0 Å². The Kier molecular flexibility index (Phi) is 3.69. The molecule has 2 rings (SSSR count). The molecule has 1 aromatic heterocycles. The molecule has 7 heteroatoms. The van der Waals surface area contributed by atoms with Crippen molar-refractivity contribution in [3.63, 3.8) is 0 Å². The van der Waals surface area contributed by atoms with Crippen LogP contribution in [-0.4, -0.2) is 23.2 Å². The lowest BCUT2D eigenvalue weighted by Gasteiger charge is -2.07. The highest BCUT2D eigenvalue weighted by molar-refractivity contribution is 7.11. The van der Waals surface area contributed by atoms with Crippen molar-refractivity contribution in [2.45, 2.75) is 0 Å². The Balaban J connectivity index is 2.37. The first-order chi connectivity index (χ1) is 8.60. The first-order valence-electron chi connectivity index (χ1n) is 4.80. The zero-order chi connectivity index (χ0) is 13.1. The fourth-order valence-corrected chi connectivity index (χ4v) is 2.07. The van der Waals surface area contributed by atoms with Gasteiger partial charge in [-0.15, -0.1) is 0 Å². The molecule has 0 aliphatic carbocycles. The molecular formula is C11H8ClNO4S. The van der Waals surface area contributed by atoms with Crippen LogP contribution in [0.3, 0.4) is 0 Å². The molecule has 0 radical (unpaired) electrons. The second kappa shape index (κ2) is 5.24. The van der Waals surface area contributed by atoms with Crippen molar-refractivity contribution in [2.75, 3.05) is 7.11 Å². The van der Waals surface area contributed by atoms with Crippen molar-refractivity contribution in [1.29, 1.82) is 0 Å². The van der Waals surface area contributed by atoms with Crippen LogP contribution in [0.2, 0.25) is 5.15 Å². The molecule has 0 saturated carbocycles. The molecule has 0 fully saturated rings. The molecule has 0 bridgehead atoms. The van der Waals surface area contributed by atoms with E-state index in [9.17, 15) is 4.79 Å². The number of aromatic nitrogens is 1. The lowest BCUT2D eigenvalue weighted by molar-refractivity contribution is 0.0694. The Morgan fingerprint density at radius 1 is 1.50 bits per heavy atom. The third kappa shape index (κ3) is 2.72. The fraction of sp³-hybridized carbons (Fsp3) is 0.0909. The van der Waals surface area contributed by atoms with E-state index in [1.165, 1.54) is 30.6 Å². The number of nitrogens with zero attached hydrogens (tertiary/aromatic N) is 1. The topological polar surface area (TPSA) is 68.7 Å². The second-order valence-corrected chi connectivity index (χ2v) is 4.41. The number of aromatic carboxylic acids is 1. The molecule has 0 aliphatic heterocycles. The average molecular weight is 286 g/mol. The van der Waals surface area contributed by atoms with Crippen molar-refractivity contribution < 1.29 is 19.4 Å². The average Bonchev–Trinajstić information content (AvgIpc) is 2.74. The molecule has 2 aromatic rings. The van der Waals surface area contributed by atoms with Crippen LogP contribution >= 0.6 is 22.9 Å². The number of rotatable bonds is 4. The number of methoxy groups -OCH3 is 1. The SMILES string of the molecule is COc1ccc(C(=O)O)c(Oc2nc(Cl)cs2)c1. The van der Waals surface area contributed by atoms with Gasteiger partial charge in [-0.25, -0.2) is 4.79 Å². The van der Waals surface area contributed by atoms with Crippen LogP contribution in [0, 0.1) is 0 Å². The van der Waals surface area contributed by atoms with Gasteiger partial charge < -0.3 is 14.6 Å². The van der Waals surface area contributed by atoms with Gasteiger partial charge in [0.2, 0.25) is 0 Å². The number of hydrogen-bond acceptors (Lipinski definition) is 5. The highest BCUT2D eigenvalue weighted by atomic mass is 35.5. The van der Waals surface area contributed by atoms with Crippen molar-refractivity contribution >= 4 is 28.9 Å². The molecule has 0 aliphatic rings. The number of halogens is 1. The molecule has 94 valence electrons. The van der Waals surface area contributed by atoms with Crippen LogP contribution in [0.4, 0.5) is 0 Å². The number of benzene rings is 1. The van der Waals surface area contributed by atoms with Gasteiger partial charge in [0.25, 0.3) is 5.19 Å². The Morgan fingerprint density at radius 2 is 2.28 bits per heavy atom. The summed E-state index contributed by atoms with van der Waals surface area (Å²) >= 11 is 6.85. The van der Waals surface area contributed by atoms with E-state index in [4.69, 9.17) is 26.2 Å². The Labute approximate surface area is 112 Å². The summed E-state index contributed by atoms with van der Waals surface area (Å²) in [7, 11) is 1.49. The number of carboxylic acid groups (broad SMARTS) is 1. The first-order valence-corrected chi connectivity index (χ1v) is 6.06. The van der Waals surface area contributed by atoms with E-state index in [1.807, 2.05) is 0 Å². The van der Waals surface area contributed by atoms with Gasteiger partial charge in [0, 0.05) is 11.4 Å². The molecule has 1 aromatic carbocycles. The van der Waals surface area contributed by atoms with Crippen LogP contribution in [0.15, 0.2) is 23.6 Å². The van der Waals surface area contributed by atoms with Gasteiger partial charge >= 0.3 is 5.97 Å². The Morgan fingerprint density at radius 3 is 2.83 bits per heavy atom. The maximum atomic E-state index is 11.1. The Hall–Kier alpha value is -1.79. The van der Waals surface area contributed by atoms with Gasteiger partial charge in [-0.05, 0) is 12.1 Å². The molecule has 0 unspecified atom stereocenters. The Bertz CT molecular complexity index is 584. The number of thiazole rings is 1. The summed E-state index contributed by atoms with van der Waals surface area (Å²) in [4.78, 5) is 14.9. The largest absolute Gasteiger partial charge is 0.497 e. The number of carbonyl (C=O) groups is 1. The van der Waals surface area contributed by atoms with Crippen molar-refractivity contribution in [2.24, 2.45) is 0 Å². The number of carboxylic acids is 1. The smallest absolute Gasteiger partial charge is 0.339 e. The maximum Gasteiger partial charge on any atom is 0.339 e. The summed E-state index contributed by atoms with van der Waals surface area (Å²) in [5.74, 6) is -0.430. The van der Waals surface area contributed by atoms with E-state index in [0.29, 0.717) is 10.9 Å². The van der Waals surface area contributed by atoms with Crippen molar-refractivity contribution in [1.82, 2.24) is 4.98 Å². The van der Waals surface area contributed by atoms with Crippen molar-refractivity contribution in [3.05, 3.63) is 34.3 Å². The van der Waals surface area contributed by atoms with Gasteiger partial charge in [-0.2, -0.15) is 4.98 Å². The molecule has 0 atom stereocenters. The van der Waals surface area contributed by atoms with Gasteiger partial charge in [0.15, 0.2) is 0 Å². The van der Waals surface area contributed by atoms with E-state index >= 15 is 0 Å². The molecule has 0 amide bonds. The molecule has 1 heterocycles. The standard InChI is InChI=1S/C11H8ClNO4S/c1-16-6-2-3-7(10(14)15)8(4-6)17-11-13-9(12)5-18-11/h2-5H,1H3,(H,14,15). The van der Waals surface area contributed by atoms with E-state index in [0.717, 1.165) is 0 Å². The maximum absolute atomic E-state index is 11.1. The minimum absolute atomic E-state index is 0.0297. The van der Waals surface area contributed by atoms with Crippen LogP contribution < -0.4 is 9.47 Å². The summed E-state index contributed by atoms with van der Waals surface area (Å²) in [6.45, 7) is 0. The number of hydrogen-bond donors (Lipinski definition) is 1. The van der Waals surface area contributed by atoms with Crippen LogP contribution in [0.1, 0.15) is 10.4 Å². The predicted octanol–water partition coefficient (Wildman–Crippen LogP) is 3.30. The quantitative estimate of drug-likeness (QED) is 0.933. The molecule has 5 nitrogen and oxygen atoms in total. The summed E-state index contributed by atoms with van der Waals surface area (Å²) < 4.78 is 10.4. The minimum atomic E-state index is -1.09. The highest BCUT2D eigenvalue weighted by Gasteiger charge is 2.14. The molecule has 18 heavy (non-hydrogen) atoms. The fourth-order valence-electron chi connectivity index (χ4n) is 1.27. The van der Waals surface area contributed by atoms with Crippen LogP contribution in [0.25, 0.3) is 0 Å². The predicted molar refractivity (Wildman–Crippen MR) is 67.2 cm³/mol. The van der Waals surface area contributed by atoms with E-state index in [2.05, 4.69) is 4.98 Å². The molecule has 1 N–H and O–H groups in total. The van der Waals surface area contributed by atoms with Crippen molar-refractivity contribution in [3.8, 4) is 16.7 Å². The van der Waals surface area contributed by atoms with Gasteiger partial charge in [0.05, 0.1) is 7.11 Å². The van der Waals surface area contributed by atoms with E-state index < -0.39 is 5.97 Å². The normalized spacial score (nSPS) is 10.1. The minimum Gasteiger partial charge on any atom is -0.497 e. The third-order valence-electron chi connectivity index (χ3n) is 2.07. The number of ether oxygens (including phenoxy) is 2. The van der Waals surface area contributed by atoms with E-state index in [1.54, 1.807) is 11.4 Å². The van der Waals surface area contributed by atoms with Gasteiger partial charge in [-0.3, -0.25) is 0 Å². The first kappa shape index (κ1) is 12.7. The lowest BCUT2D eigenvalue weighted by atomic mass is 10.2. The third-order valence-corrected chi connectivity index (χ3v) is 3.11. The summed E-state index contributed by atoms with van der Waals surface area (Å²) in [6.07, 6.45) is 0.